The molecule has 0 spiro atoms. The van der Waals surface area contributed by atoms with Crippen molar-refractivity contribution in [1.82, 2.24) is 0 Å². The number of carbonyl (C=O) groups is 1. The normalized spacial score (nSPS) is 9.86. The number of Topliss-reactive ketones (excluding diaryl/α,β-unsaturated/α-hetero) is 1. The standard InChI is InChI=1S/C10H11ClN2O/c11-8-3-1-7(2-4-8)5-9(13)10(14)6-12/h1-4,13H,5-6,12H2. The molecule has 0 atom stereocenters. The molecule has 0 aliphatic heterocycles. The topological polar surface area (TPSA) is 66.9 Å². The number of nitrogens with two attached hydrogens (primary N) is 1. The van der Waals surface area contributed by atoms with Gasteiger partial charge in [-0.1, -0.05) is 23.7 Å². The second kappa shape index (κ2) is 4.88. The molecule has 1 aromatic carbocycles. The molecule has 14 heavy (non-hydrogen) atoms. The Hall–Kier alpha value is -1.19. The van der Waals surface area contributed by atoms with Gasteiger partial charge in [-0.15, -0.1) is 0 Å². The van der Waals surface area contributed by atoms with Crippen molar-refractivity contribution in [1.29, 1.82) is 5.41 Å². The second-order valence-electron chi connectivity index (χ2n) is 2.91. The minimum Gasteiger partial charge on any atom is -0.324 e. The summed E-state index contributed by atoms with van der Waals surface area (Å²) in [6.45, 7) is -0.105. The van der Waals surface area contributed by atoms with Gasteiger partial charge in [-0.3, -0.25) is 4.79 Å². The van der Waals surface area contributed by atoms with Gasteiger partial charge in [0.05, 0.1) is 12.3 Å². The lowest BCUT2D eigenvalue weighted by atomic mass is 10.1. The zero-order valence-corrected chi connectivity index (χ0v) is 8.34. The van der Waals surface area contributed by atoms with E-state index in [0.717, 1.165) is 5.56 Å². The number of halogens is 1. The fraction of sp³-hybridized carbons (Fsp3) is 0.200. The fourth-order valence-corrected chi connectivity index (χ4v) is 1.15. The van der Waals surface area contributed by atoms with E-state index in [1.807, 2.05) is 0 Å². The predicted molar refractivity (Wildman–Crippen MR) is 56.9 cm³/mol. The van der Waals surface area contributed by atoms with Crippen molar-refractivity contribution in [2.45, 2.75) is 6.42 Å². The molecular formula is C10H11ClN2O. The Kier molecular flexibility index (Phi) is 3.80. The van der Waals surface area contributed by atoms with Crippen LogP contribution < -0.4 is 5.73 Å². The average Bonchev–Trinajstić information content (AvgIpc) is 2.20. The van der Waals surface area contributed by atoms with Gasteiger partial charge < -0.3 is 11.1 Å². The van der Waals surface area contributed by atoms with Crippen molar-refractivity contribution in [2.24, 2.45) is 5.73 Å². The third kappa shape index (κ3) is 2.94. The van der Waals surface area contributed by atoms with Crippen LogP contribution in [0.3, 0.4) is 0 Å². The number of ketones is 1. The maximum Gasteiger partial charge on any atom is 0.190 e. The molecule has 0 heterocycles. The van der Waals surface area contributed by atoms with E-state index in [1.165, 1.54) is 0 Å². The van der Waals surface area contributed by atoms with Crippen molar-refractivity contribution in [3.8, 4) is 0 Å². The molecule has 0 fully saturated rings. The molecule has 1 rings (SSSR count). The third-order valence-corrected chi connectivity index (χ3v) is 2.07. The molecule has 0 unspecified atom stereocenters. The molecule has 0 saturated carbocycles. The first-order valence-electron chi connectivity index (χ1n) is 4.18. The highest BCUT2D eigenvalue weighted by molar-refractivity contribution is 6.39. The third-order valence-electron chi connectivity index (χ3n) is 1.82. The van der Waals surface area contributed by atoms with E-state index in [-0.39, 0.29) is 18.0 Å². The average molecular weight is 211 g/mol. The number of benzene rings is 1. The van der Waals surface area contributed by atoms with Crippen molar-refractivity contribution in [3.05, 3.63) is 34.9 Å². The zero-order chi connectivity index (χ0) is 10.6. The quantitative estimate of drug-likeness (QED) is 0.739. The van der Waals surface area contributed by atoms with Gasteiger partial charge in [0.1, 0.15) is 0 Å². The summed E-state index contributed by atoms with van der Waals surface area (Å²) in [5, 5.41) is 8.07. The van der Waals surface area contributed by atoms with Gasteiger partial charge in [0.15, 0.2) is 5.78 Å². The van der Waals surface area contributed by atoms with Crippen LogP contribution in [0.1, 0.15) is 5.56 Å². The van der Waals surface area contributed by atoms with Crippen LogP contribution in [-0.2, 0) is 11.2 Å². The summed E-state index contributed by atoms with van der Waals surface area (Å²) < 4.78 is 0. The first-order chi connectivity index (χ1) is 6.63. The van der Waals surface area contributed by atoms with Crippen LogP contribution in [0.25, 0.3) is 0 Å². The van der Waals surface area contributed by atoms with Gasteiger partial charge in [0, 0.05) is 11.4 Å². The first kappa shape index (κ1) is 10.9. The second-order valence-corrected chi connectivity index (χ2v) is 3.35. The molecule has 3 nitrogen and oxygen atoms in total. The molecule has 0 radical (unpaired) electrons. The minimum absolute atomic E-state index is 0.0369. The van der Waals surface area contributed by atoms with E-state index in [1.54, 1.807) is 24.3 Å². The van der Waals surface area contributed by atoms with Gasteiger partial charge >= 0.3 is 0 Å². The molecular weight excluding hydrogens is 200 g/mol. The Balaban J connectivity index is 2.65. The van der Waals surface area contributed by atoms with Crippen LogP contribution in [0.4, 0.5) is 0 Å². The molecule has 0 aliphatic rings. The van der Waals surface area contributed by atoms with Gasteiger partial charge in [0.2, 0.25) is 0 Å². The molecule has 0 aliphatic carbocycles. The monoisotopic (exact) mass is 210 g/mol. The smallest absolute Gasteiger partial charge is 0.190 e. The summed E-state index contributed by atoms with van der Waals surface area (Å²) in [5.41, 5.74) is 6.07. The van der Waals surface area contributed by atoms with Crippen molar-refractivity contribution in [3.63, 3.8) is 0 Å². The van der Waals surface area contributed by atoms with Crippen LogP contribution in [0.2, 0.25) is 5.02 Å². The Labute approximate surface area is 87.4 Å². The van der Waals surface area contributed by atoms with E-state index < -0.39 is 0 Å². The van der Waals surface area contributed by atoms with Gasteiger partial charge in [0.25, 0.3) is 0 Å². The van der Waals surface area contributed by atoms with E-state index in [9.17, 15) is 4.79 Å². The highest BCUT2D eigenvalue weighted by Gasteiger charge is 2.07. The summed E-state index contributed by atoms with van der Waals surface area (Å²) in [7, 11) is 0. The van der Waals surface area contributed by atoms with Crippen LogP contribution in [0, 0.1) is 5.41 Å². The lowest BCUT2D eigenvalue weighted by Gasteiger charge is -2.01. The maximum absolute atomic E-state index is 11.0. The first-order valence-corrected chi connectivity index (χ1v) is 4.56. The molecule has 0 aromatic heterocycles. The molecule has 74 valence electrons. The lowest BCUT2D eigenvalue weighted by Crippen LogP contribution is -2.24. The fourth-order valence-electron chi connectivity index (χ4n) is 1.03. The molecule has 0 bridgehead atoms. The van der Waals surface area contributed by atoms with E-state index in [2.05, 4.69) is 0 Å². The molecule has 0 amide bonds. The summed E-state index contributed by atoms with van der Waals surface area (Å²) in [6, 6.07) is 7.05. The van der Waals surface area contributed by atoms with Gasteiger partial charge in [-0.2, -0.15) is 0 Å². The van der Waals surface area contributed by atoms with Gasteiger partial charge in [-0.05, 0) is 17.7 Å². The number of hydrogen-bond donors (Lipinski definition) is 2. The molecule has 0 saturated heterocycles. The SMILES string of the molecule is N=C(Cc1ccc(Cl)cc1)C(=O)CN. The molecule has 3 N–H and O–H groups in total. The van der Waals surface area contributed by atoms with E-state index in [0.29, 0.717) is 11.4 Å². The highest BCUT2D eigenvalue weighted by atomic mass is 35.5. The summed E-state index contributed by atoms with van der Waals surface area (Å²) >= 11 is 5.70. The van der Waals surface area contributed by atoms with Crippen LogP contribution in [0.5, 0.6) is 0 Å². The Bertz CT molecular complexity index is 346. The minimum atomic E-state index is -0.319. The summed E-state index contributed by atoms with van der Waals surface area (Å²) in [6.07, 6.45) is 0.313. The number of nitrogens with one attached hydrogen (secondary N) is 1. The lowest BCUT2D eigenvalue weighted by molar-refractivity contribution is -0.111. The number of rotatable bonds is 4. The molecule has 4 heteroatoms. The van der Waals surface area contributed by atoms with Crippen molar-refractivity contribution < 1.29 is 4.79 Å². The van der Waals surface area contributed by atoms with E-state index in [4.69, 9.17) is 22.7 Å². The van der Waals surface area contributed by atoms with Crippen LogP contribution >= 0.6 is 11.6 Å². The number of carbonyl (C=O) groups excluding carboxylic acids is 1. The maximum atomic E-state index is 11.0. The van der Waals surface area contributed by atoms with Crippen molar-refractivity contribution in [2.75, 3.05) is 6.54 Å². The van der Waals surface area contributed by atoms with Gasteiger partial charge in [-0.25, -0.2) is 0 Å². The molecule has 1 aromatic rings. The summed E-state index contributed by atoms with van der Waals surface area (Å²) in [4.78, 5) is 11.0. The largest absolute Gasteiger partial charge is 0.324 e. The Morgan fingerprint density at radius 2 is 1.93 bits per heavy atom. The predicted octanol–water partition coefficient (Wildman–Crippen LogP) is 1.43. The number of hydrogen-bond acceptors (Lipinski definition) is 3. The Morgan fingerprint density at radius 3 is 2.43 bits per heavy atom. The summed E-state index contributed by atoms with van der Waals surface area (Å²) in [5.74, 6) is -0.319. The van der Waals surface area contributed by atoms with Crippen LogP contribution in [-0.4, -0.2) is 18.0 Å². The van der Waals surface area contributed by atoms with E-state index >= 15 is 0 Å². The Morgan fingerprint density at radius 1 is 1.36 bits per heavy atom. The van der Waals surface area contributed by atoms with Crippen molar-refractivity contribution >= 4 is 23.1 Å². The zero-order valence-electron chi connectivity index (χ0n) is 7.59. The van der Waals surface area contributed by atoms with Crippen LogP contribution in [0.15, 0.2) is 24.3 Å². The highest BCUT2D eigenvalue weighted by Crippen LogP contribution is 2.10.